The molecule has 0 radical (unpaired) electrons. The molecule has 1 aromatic carbocycles. The third-order valence-corrected chi connectivity index (χ3v) is 7.34. The van der Waals surface area contributed by atoms with Crippen LogP contribution in [0, 0.1) is 0 Å². The van der Waals surface area contributed by atoms with Crippen molar-refractivity contribution in [3.05, 3.63) is 23.8 Å². The zero-order valence-corrected chi connectivity index (χ0v) is 20.5. The predicted molar refractivity (Wildman–Crippen MR) is 124 cm³/mol. The van der Waals surface area contributed by atoms with Gasteiger partial charge in [-0.25, -0.2) is 8.42 Å². The quantitative estimate of drug-likeness (QED) is 0.349. The number of ether oxygens (including phenoxy) is 2. The van der Waals surface area contributed by atoms with Crippen LogP contribution in [0.2, 0.25) is 0 Å². The van der Waals surface area contributed by atoms with E-state index in [4.69, 9.17) is 14.5 Å². The zero-order valence-electron chi connectivity index (χ0n) is 17.3. The standard InChI is InChI=1S/C19H31N3O4S.HI/c1-6-20-18(22-11-12-27(23,24)19(2,3)14-22)21-10-9-15-13-16(25-4)7-8-17(15)26-5;/h7-8,13H,6,9-12,14H2,1-5H3,(H,20,21);1H. The molecule has 0 aromatic heterocycles. The van der Waals surface area contributed by atoms with E-state index >= 15 is 0 Å². The first-order chi connectivity index (χ1) is 12.7. The van der Waals surface area contributed by atoms with E-state index in [0.29, 0.717) is 26.1 Å². The third-order valence-electron chi connectivity index (χ3n) is 4.81. The van der Waals surface area contributed by atoms with Crippen molar-refractivity contribution in [1.29, 1.82) is 0 Å². The number of nitrogens with zero attached hydrogens (tertiary/aromatic N) is 2. The molecule has 1 saturated heterocycles. The fraction of sp³-hybridized carbons (Fsp3) is 0.632. The lowest BCUT2D eigenvalue weighted by molar-refractivity contribution is 0.353. The SMILES string of the molecule is CCNC(=NCCc1cc(OC)ccc1OC)N1CCS(=O)(=O)C(C)(C)C1.I. The number of methoxy groups -OCH3 is 2. The molecule has 2 rings (SSSR count). The maximum Gasteiger partial charge on any atom is 0.194 e. The smallest absolute Gasteiger partial charge is 0.194 e. The molecule has 1 aliphatic heterocycles. The molecule has 1 aliphatic rings. The summed E-state index contributed by atoms with van der Waals surface area (Å²) < 4.78 is 34.4. The van der Waals surface area contributed by atoms with Crippen molar-refractivity contribution >= 4 is 39.8 Å². The van der Waals surface area contributed by atoms with Gasteiger partial charge in [0.1, 0.15) is 11.5 Å². The number of guanidine groups is 1. The van der Waals surface area contributed by atoms with Gasteiger partial charge in [0, 0.05) is 26.2 Å². The van der Waals surface area contributed by atoms with E-state index in [9.17, 15) is 8.42 Å². The lowest BCUT2D eigenvalue weighted by Crippen LogP contribution is -2.57. The fourth-order valence-electron chi connectivity index (χ4n) is 3.11. The molecule has 1 fully saturated rings. The van der Waals surface area contributed by atoms with Gasteiger partial charge in [0.15, 0.2) is 15.8 Å². The van der Waals surface area contributed by atoms with Gasteiger partial charge in [-0.1, -0.05) is 0 Å². The van der Waals surface area contributed by atoms with Gasteiger partial charge in [-0.2, -0.15) is 0 Å². The molecule has 28 heavy (non-hydrogen) atoms. The molecule has 0 saturated carbocycles. The Hall–Kier alpha value is -1.23. The van der Waals surface area contributed by atoms with E-state index < -0.39 is 14.6 Å². The lowest BCUT2D eigenvalue weighted by atomic mass is 10.1. The first-order valence-electron chi connectivity index (χ1n) is 9.20. The summed E-state index contributed by atoms with van der Waals surface area (Å²) in [5.74, 6) is 2.49. The molecule has 9 heteroatoms. The number of rotatable bonds is 6. The van der Waals surface area contributed by atoms with Crippen LogP contribution < -0.4 is 14.8 Å². The maximum atomic E-state index is 12.2. The Morgan fingerprint density at radius 1 is 1.29 bits per heavy atom. The topological polar surface area (TPSA) is 80.2 Å². The van der Waals surface area contributed by atoms with E-state index in [1.807, 2.05) is 30.0 Å². The highest BCUT2D eigenvalue weighted by Gasteiger charge is 2.40. The normalized spacial score (nSPS) is 18.2. The first-order valence-corrected chi connectivity index (χ1v) is 10.9. The van der Waals surface area contributed by atoms with E-state index in [0.717, 1.165) is 29.6 Å². The van der Waals surface area contributed by atoms with Crippen molar-refractivity contribution in [1.82, 2.24) is 10.2 Å². The largest absolute Gasteiger partial charge is 0.497 e. The van der Waals surface area contributed by atoms with Crippen molar-refractivity contribution in [2.24, 2.45) is 4.99 Å². The molecule has 0 bridgehead atoms. The average Bonchev–Trinajstić information content (AvgIpc) is 2.63. The van der Waals surface area contributed by atoms with Crippen molar-refractivity contribution in [3.63, 3.8) is 0 Å². The number of halogens is 1. The number of hydrogen-bond donors (Lipinski definition) is 1. The predicted octanol–water partition coefficient (Wildman–Crippen LogP) is 2.34. The van der Waals surface area contributed by atoms with Crippen molar-refractivity contribution in [2.75, 3.05) is 46.2 Å². The minimum Gasteiger partial charge on any atom is -0.497 e. The summed E-state index contributed by atoms with van der Waals surface area (Å²) in [5, 5.41) is 3.28. The van der Waals surface area contributed by atoms with Gasteiger partial charge in [-0.05, 0) is 51.0 Å². The maximum absolute atomic E-state index is 12.2. The van der Waals surface area contributed by atoms with Crippen LogP contribution in [-0.4, -0.2) is 70.2 Å². The Balaban J connectivity index is 0.00000392. The summed E-state index contributed by atoms with van der Waals surface area (Å²) in [6.45, 7) is 7.75. The van der Waals surface area contributed by atoms with Gasteiger partial charge in [0.05, 0.1) is 24.7 Å². The van der Waals surface area contributed by atoms with Crippen LogP contribution in [-0.2, 0) is 16.3 Å². The molecule has 160 valence electrons. The number of hydrogen-bond acceptors (Lipinski definition) is 5. The lowest BCUT2D eigenvalue weighted by Gasteiger charge is -2.39. The summed E-state index contributed by atoms with van der Waals surface area (Å²) in [7, 11) is 0.208. The second-order valence-electron chi connectivity index (χ2n) is 7.16. The van der Waals surface area contributed by atoms with E-state index in [1.54, 1.807) is 28.1 Å². The molecule has 0 atom stereocenters. The second kappa shape index (κ2) is 10.5. The molecule has 1 N–H and O–H groups in total. The Labute approximate surface area is 185 Å². The van der Waals surface area contributed by atoms with Gasteiger partial charge in [0.25, 0.3) is 0 Å². The second-order valence-corrected chi connectivity index (χ2v) is 9.91. The van der Waals surface area contributed by atoms with E-state index in [-0.39, 0.29) is 29.7 Å². The molecule has 0 amide bonds. The molecular formula is C19H32IN3O4S. The van der Waals surface area contributed by atoms with Gasteiger partial charge >= 0.3 is 0 Å². The minimum absolute atomic E-state index is 0. The van der Waals surface area contributed by atoms with E-state index in [2.05, 4.69) is 5.32 Å². The fourth-order valence-corrected chi connectivity index (χ4v) is 4.48. The third kappa shape index (κ3) is 5.88. The molecule has 1 aromatic rings. The van der Waals surface area contributed by atoms with Crippen molar-refractivity contribution in [3.8, 4) is 11.5 Å². The monoisotopic (exact) mass is 525 g/mol. The van der Waals surface area contributed by atoms with Gasteiger partial charge in [-0.3, -0.25) is 4.99 Å². The highest BCUT2D eigenvalue weighted by Crippen LogP contribution is 2.25. The molecular weight excluding hydrogens is 493 g/mol. The van der Waals surface area contributed by atoms with Gasteiger partial charge in [-0.15, -0.1) is 24.0 Å². The van der Waals surface area contributed by atoms with Crippen LogP contribution in [0.25, 0.3) is 0 Å². The van der Waals surface area contributed by atoms with Crippen LogP contribution in [0.4, 0.5) is 0 Å². The summed E-state index contributed by atoms with van der Waals surface area (Å²) in [5.41, 5.74) is 1.03. The summed E-state index contributed by atoms with van der Waals surface area (Å²) in [6.07, 6.45) is 0.699. The Morgan fingerprint density at radius 2 is 2.00 bits per heavy atom. The molecule has 0 spiro atoms. The Bertz CT molecular complexity index is 781. The van der Waals surface area contributed by atoms with E-state index in [1.165, 1.54) is 0 Å². The van der Waals surface area contributed by atoms with Crippen molar-refractivity contribution < 1.29 is 17.9 Å². The van der Waals surface area contributed by atoms with Gasteiger partial charge < -0.3 is 19.7 Å². The summed E-state index contributed by atoms with van der Waals surface area (Å²) >= 11 is 0. The van der Waals surface area contributed by atoms with Crippen LogP contribution in [0.15, 0.2) is 23.2 Å². The van der Waals surface area contributed by atoms with Gasteiger partial charge in [0.2, 0.25) is 0 Å². The summed E-state index contributed by atoms with van der Waals surface area (Å²) in [6, 6.07) is 5.71. The highest BCUT2D eigenvalue weighted by atomic mass is 127. The van der Waals surface area contributed by atoms with Crippen LogP contribution in [0.5, 0.6) is 11.5 Å². The number of sulfone groups is 1. The highest BCUT2D eigenvalue weighted by molar-refractivity contribution is 14.0. The molecule has 7 nitrogen and oxygen atoms in total. The minimum atomic E-state index is -3.08. The Kier molecular flexibility index (Phi) is 9.32. The first kappa shape index (κ1) is 24.8. The zero-order chi connectivity index (χ0) is 20.1. The summed E-state index contributed by atoms with van der Waals surface area (Å²) in [4.78, 5) is 6.75. The average molecular weight is 525 g/mol. The van der Waals surface area contributed by atoms with Crippen molar-refractivity contribution in [2.45, 2.75) is 31.9 Å². The Morgan fingerprint density at radius 3 is 2.57 bits per heavy atom. The van der Waals surface area contributed by atoms with Crippen LogP contribution >= 0.6 is 24.0 Å². The number of benzene rings is 1. The number of aliphatic imine (C=N–C) groups is 1. The molecule has 0 unspecified atom stereocenters. The molecule has 0 aliphatic carbocycles. The number of nitrogens with one attached hydrogen (secondary N) is 1. The van der Waals surface area contributed by atoms with Crippen LogP contribution in [0.3, 0.4) is 0 Å². The van der Waals surface area contributed by atoms with Crippen LogP contribution in [0.1, 0.15) is 26.3 Å². The molecule has 1 heterocycles.